The summed E-state index contributed by atoms with van der Waals surface area (Å²) in [6.45, 7) is 2.22. The molecule has 0 unspecified atom stereocenters. The molecule has 0 aliphatic carbocycles. The minimum absolute atomic E-state index is 0.0541. The number of para-hydroxylation sites is 1. The molecule has 0 radical (unpaired) electrons. The summed E-state index contributed by atoms with van der Waals surface area (Å²) in [5.41, 5.74) is 6.22. The first-order chi connectivity index (χ1) is 11.0. The Labute approximate surface area is 133 Å². The molecular formula is C16H19FN4O2. The summed E-state index contributed by atoms with van der Waals surface area (Å²) in [4.78, 5) is 18.6. The highest BCUT2D eigenvalue weighted by atomic mass is 19.1. The van der Waals surface area contributed by atoms with Gasteiger partial charge >= 0.3 is 0 Å². The normalized spacial score (nSPS) is 27.4. The SMILES string of the molecule is Cn1c(N2C[C@@H]3COCC[C@]3(C(N)=O)C2)nc2c(F)cccc21. The number of aryl methyl sites for hydroxylation is 1. The molecule has 0 spiro atoms. The summed E-state index contributed by atoms with van der Waals surface area (Å²) in [6, 6.07) is 4.91. The number of nitrogens with zero attached hydrogens (tertiary/aromatic N) is 3. The number of rotatable bonds is 2. The number of hydrogen-bond donors (Lipinski definition) is 1. The van der Waals surface area contributed by atoms with Crippen molar-refractivity contribution in [3.63, 3.8) is 0 Å². The van der Waals surface area contributed by atoms with E-state index >= 15 is 0 Å². The van der Waals surface area contributed by atoms with Crippen molar-refractivity contribution in [2.45, 2.75) is 6.42 Å². The second-order valence-electron chi connectivity index (χ2n) is 6.50. The number of halogens is 1. The fraction of sp³-hybridized carbons (Fsp3) is 0.500. The van der Waals surface area contributed by atoms with E-state index in [2.05, 4.69) is 4.98 Å². The second-order valence-corrected chi connectivity index (χ2v) is 6.50. The molecule has 2 N–H and O–H groups in total. The number of fused-ring (bicyclic) bond motifs is 2. The molecule has 1 aromatic heterocycles. The van der Waals surface area contributed by atoms with Crippen LogP contribution in [0, 0.1) is 17.2 Å². The predicted molar refractivity (Wildman–Crippen MR) is 83.4 cm³/mol. The molecule has 4 rings (SSSR count). The first-order valence-electron chi connectivity index (χ1n) is 7.76. The molecule has 1 amide bonds. The number of benzene rings is 1. The first kappa shape index (κ1) is 14.4. The Morgan fingerprint density at radius 2 is 2.35 bits per heavy atom. The minimum atomic E-state index is -0.574. The molecule has 2 fully saturated rings. The zero-order valence-corrected chi connectivity index (χ0v) is 13.0. The number of imidazole rings is 1. The summed E-state index contributed by atoms with van der Waals surface area (Å²) in [5, 5.41) is 0. The van der Waals surface area contributed by atoms with Crippen LogP contribution in [0.2, 0.25) is 0 Å². The van der Waals surface area contributed by atoms with Crippen LogP contribution in [0.15, 0.2) is 18.2 Å². The molecule has 2 atom stereocenters. The van der Waals surface area contributed by atoms with Gasteiger partial charge in [0.15, 0.2) is 5.82 Å². The third kappa shape index (κ3) is 1.96. The standard InChI is InChI=1S/C16H19FN4O2/c1-20-12-4-2-3-11(17)13(12)19-15(20)21-7-10-8-23-6-5-16(10,9-21)14(18)22/h2-4,10H,5-9H2,1H3,(H2,18,22)/t10-,16+/m1/s1. The van der Waals surface area contributed by atoms with E-state index in [1.165, 1.54) is 6.07 Å². The van der Waals surface area contributed by atoms with E-state index in [0.717, 1.165) is 5.52 Å². The maximum absolute atomic E-state index is 14.0. The Kier molecular flexibility index (Phi) is 3.09. The lowest BCUT2D eigenvalue weighted by Crippen LogP contribution is -2.48. The lowest BCUT2D eigenvalue weighted by Gasteiger charge is -2.35. The lowest BCUT2D eigenvalue weighted by atomic mass is 9.74. The highest BCUT2D eigenvalue weighted by Crippen LogP contribution is 2.43. The van der Waals surface area contributed by atoms with Crippen LogP contribution in [0.3, 0.4) is 0 Å². The van der Waals surface area contributed by atoms with Gasteiger partial charge in [-0.15, -0.1) is 0 Å². The van der Waals surface area contributed by atoms with Crippen molar-refractivity contribution in [3.05, 3.63) is 24.0 Å². The van der Waals surface area contributed by atoms with Gasteiger partial charge in [0.25, 0.3) is 0 Å². The summed E-state index contributed by atoms with van der Waals surface area (Å²) >= 11 is 0. The van der Waals surface area contributed by atoms with Crippen LogP contribution in [-0.2, 0) is 16.6 Å². The van der Waals surface area contributed by atoms with E-state index < -0.39 is 5.41 Å². The molecule has 23 heavy (non-hydrogen) atoms. The molecule has 122 valence electrons. The van der Waals surface area contributed by atoms with E-state index in [1.807, 2.05) is 22.6 Å². The molecule has 2 aliphatic heterocycles. The number of ether oxygens (including phenoxy) is 1. The Morgan fingerprint density at radius 3 is 3.04 bits per heavy atom. The largest absolute Gasteiger partial charge is 0.381 e. The Balaban J connectivity index is 1.76. The van der Waals surface area contributed by atoms with Crippen molar-refractivity contribution in [2.75, 3.05) is 31.2 Å². The molecule has 2 aromatic rings. The van der Waals surface area contributed by atoms with E-state index in [4.69, 9.17) is 10.5 Å². The van der Waals surface area contributed by atoms with Crippen molar-refractivity contribution >= 4 is 22.9 Å². The van der Waals surface area contributed by atoms with Crippen molar-refractivity contribution in [3.8, 4) is 0 Å². The highest BCUT2D eigenvalue weighted by molar-refractivity contribution is 5.84. The fourth-order valence-corrected chi connectivity index (χ4v) is 3.96. The maximum Gasteiger partial charge on any atom is 0.225 e. The number of primary amides is 1. The van der Waals surface area contributed by atoms with Gasteiger partial charge in [0, 0.05) is 32.7 Å². The van der Waals surface area contributed by atoms with Gasteiger partial charge in [-0.1, -0.05) is 6.07 Å². The molecule has 0 bridgehead atoms. The van der Waals surface area contributed by atoms with Crippen molar-refractivity contribution < 1.29 is 13.9 Å². The smallest absolute Gasteiger partial charge is 0.225 e. The molecule has 2 saturated heterocycles. The van der Waals surface area contributed by atoms with Crippen LogP contribution >= 0.6 is 0 Å². The van der Waals surface area contributed by atoms with Crippen LogP contribution in [0.1, 0.15) is 6.42 Å². The minimum Gasteiger partial charge on any atom is -0.381 e. The van der Waals surface area contributed by atoms with Crippen LogP contribution in [0.25, 0.3) is 11.0 Å². The van der Waals surface area contributed by atoms with Crippen LogP contribution < -0.4 is 10.6 Å². The Morgan fingerprint density at radius 1 is 1.52 bits per heavy atom. The predicted octanol–water partition coefficient (Wildman–Crippen LogP) is 1.04. The van der Waals surface area contributed by atoms with Gasteiger partial charge < -0.3 is 19.9 Å². The van der Waals surface area contributed by atoms with E-state index in [1.54, 1.807) is 6.07 Å². The third-order valence-corrected chi connectivity index (χ3v) is 5.32. The lowest BCUT2D eigenvalue weighted by molar-refractivity contribution is -0.135. The Hall–Kier alpha value is -2.15. The molecule has 7 heteroatoms. The summed E-state index contributed by atoms with van der Waals surface area (Å²) in [6.07, 6.45) is 0.627. The van der Waals surface area contributed by atoms with Gasteiger partial charge in [0.2, 0.25) is 11.9 Å². The number of hydrogen-bond acceptors (Lipinski definition) is 4. The van der Waals surface area contributed by atoms with Crippen LogP contribution in [-0.4, -0.2) is 41.8 Å². The van der Waals surface area contributed by atoms with Crippen LogP contribution in [0.4, 0.5) is 10.3 Å². The van der Waals surface area contributed by atoms with Gasteiger partial charge in [-0.25, -0.2) is 9.37 Å². The number of amides is 1. The molecular weight excluding hydrogens is 299 g/mol. The molecule has 2 aliphatic rings. The zero-order chi connectivity index (χ0) is 16.2. The maximum atomic E-state index is 14.0. The Bertz CT molecular complexity index is 790. The molecule has 3 heterocycles. The quantitative estimate of drug-likeness (QED) is 0.898. The number of carbonyl (C=O) groups is 1. The number of nitrogens with two attached hydrogens (primary N) is 1. The summed E-state index contributed by atoms with van der Waals surface area (Å²) in [7, 11) is 1.86. The van der Waals surface area contributed by atoms with Gasteiger partial charge in [-0.3, -0.25) is 4.79 Å². The van der Waals surface area contributed by atoms with Crippen molar-refractivity contribution in [2.24, 2.45) is 24.1 Å². The number of carbonyl (C=O) groups excluding carboxylic acids is 1. The van der Waals surface area contributed by atoms with Crippen LogP contribution in [0.5, 0.6) is 0 Å². The summed E-state index contributed by atoms with van der Waals surface area (Å²) < 4.78 is 21.4. The van der Waals surface area contributed by atoms with Crippen molar-refractivity contribution in [1.82, 2.24) is 9.55 Å². The van der Waals surface area contributed by atoms with Gasteiger partial charge in [-0.2, -0.15) is 0 Å². The fourth-order valence-electron chi connectivity index (χ4n) is 3.96. The first-order valence-corrected chi connectivity index (χ1v) is 7.76. The van der Waals surface area contributed by atoms with E-state index in [0.29, 0.717) is 44.2 Å². The molecule has 0 saturated carbocycles. The van der Waals surface area contributed by atoms with Gasteiger partial charge in [0.1, 0.15) is 5.52 Å². The summed E-state index contributed by atoms with van der Waals surface area (Å²) in [5.74, 6) is 0.102. The van der Waals surface area contributed by atoms with Gasteiger partial charge in [0.05, 0.1) is 17.5 Å². The van der Waals surface area contributed by atoms with E-state index in [-0.39, 0.29) is 17.6 Å². The average molecular weight is 318 g/mol. The third-order valence-electron chi connectivity index (χ3n) is 5.32. The average Bonchev–Trinajstić information content (AvgIpc) is 3.08. The zero-order valence-electron chi connectivity index (χ0n) is 13.0. The van der Waals surface area contributed by atoms with E-state index in [9.17, 15) is 9.18 Å². The number of anilines is 1. The molecule has 1 aromatic carbocycles. The van der Waals surface area contributed by atoms with Crippen molar-refractivity contribution in [1.29, 1.82) is 0 Å². The highest BCUT2D eigenvalue weighted by Gasteiger charge is 2.53. The number of aromatic nitrogens is 2. The topological polar surface area (TPSA) is 73.4 Å². The van der Waals surface area contributed by atoms with Gasteiger partial charge in [-0.05, 0) is 18.6 Å². The second kappa shape index (κ2) is 4.92. The molecule has 6 nitrogen and oxygen atoms in total. The monoisotopic (exact) mass is 318 g/mol.